The number of rotatable bonds is 7. The van der Waals surface area contributed by atoms with Gasteiger partial charge >= 0.3 is 5.97 Å². The maximum atomic E-state index is 12.7. The fourth-order valence-corrected chi connectivity index (χ4v) is 3.99. The topological polar surface area (TPSA) is 110 Å². The van der Waals surface area contributed by atoms with Crippen molar-refractivity contribution in [3.63, 3.8) is 0 Å². The Morgan fingerprint density at radius 1 is 1.29 bits per heavy atom. The largest absolute Gasteiger partial charge is 0.466 e. The number of esters is 1. The summed E-state index contributed by atoms with van der Waals surface area (Å²) < 4.78 is 6.75. The number of carbonyl (C=O) groups is 3. The third-order valence-electron chi connectivity index (χ3n) is 5.77. The molecule has 0 bridgehead atoms. The average Bonchev–Trinajstić information content (AvgIpc) is 3.22. The molecule has 0 spiro atoms. The first-order chi connectivity index (χ1) is 14.8. The van der Waals surface area contributed by atoms with E-state index in [4.69, 9.17) is 4.74 Å². The first-order valence-electron chi connectivity index (χ1n) is 10.7. The Morgan fingerprint density at radius 2 is 2.06 bits per heavy atom. The maximum Gasteiger partial charge on any atom is 0.310 e. The summed E-state index contributed by atoms with van der Waals surface area (Å²) in [6.07, 6.45) is 3.70. The van der Waals surface area contributed by atoms with Crippen LogP contribution >= 0.6 is 0 Å². The summed E-state index contributed by atoms with van der Waals surface area (Å²) in [6, 6.07) is 0. The Kier molecular flexibility index (Phi) is 7.19. The van der Waals surface area contributed by atoms with Crippen molar-refractivity contribution in [2.45, 2.75) is 46.5 Å². The van der Waals surface area contributed by atoms with Gasteiger partial charge in [-0.25, -0.2) is 9.50 Å². The zero-order valence-electron chi connectivity index (χ0n) is 18.6. The molecule has 10 nitrogen and oxygen atoms in total. The molecule has 168 valence electrons. The number of aromatic nitrogens is 4. The summed E-state index contributed by atoms with van der Waals surface area (Å²) in [5.41, 5.74) is 2.69. The molecule has 3 rings (SSSR count). The minimum absolute atomic E-state index is 0.00724. The van der Waals surface area contributed by atoms with Crippen molar-refractivity contribution in [3.8, 4) is 0 Å². The minimum Gasteiger partial charge on any atom is -0.466 e. The van der Waals surface area contributed by atoms with Crippen molar-refractivity contribution >= 4 is 23.6 Å². The molecular weight excluding hydrogens is 400 g/mol. The second-order valence-electron chi connectivity index (χ2n) is 7.91. The number of aryl methyl sites for hydroxylation is 2. The van der Waals surface area contributed by atoms with Crippen LogP contribution in [-0.4, -0.2) is 80.5 Å². The molecule has 2 aromatic rings. The van der Waals surface area contributed by atoms with Gasteiger partial charge < -0.3 is 14.5 Å². The third-order valence-corrected chi connectivity index (χ3v) is 5.77. The summed E-state index contributed by atoms with van der Waals surface area (Å²) in [7, 11) is 1.63. The highest BCUT2D eigenvalue weighted by Crippen LogP contribution is 2.19. The summed E-state index contributed by atoms with van der Waals surface area (Å²) >= 11 is 0. The van der Waals surface area contributed by atoms with Crippen LogP contribution in [-0.2, 0) is 25.5 Å². The number of carbonyl (C=O) groups excluding carboxylic acids is 3. The zero-order chi connectivity index (χ0) is 22.5. The van der Waals surface area contributed by atoms with E-state index in [0.29, 0.717) is 31.9 Å². The first-order valence-corrected chi connectivity index (χ1v) is 10.7. The SMILES string of the molecule is CCOC(=O)C1CCCN(C(=O)CN(C)C(=O)CCc2c(C)nc3ncnn3c2C)C1. The summed E-state index contributed by atoms with van der Waals surface area (Å²) in [5, 5.41) is 4.17. The van der Waals surface area contributed by atoms with Crippen LogP contribution < -0.4 is 0 Å². The number of amides is 2. The number of likely N-dealkylation sites (N-methyl/N-ethyl adjacent to an activating group) is 1. The lowest BCUT2D eigenvalue weighted by Crippen LogP contribution is -2.47. The molecule has 0 aliphatic carbocycles. The Morgan fingerprint density at radius 3 is 2.81 bits per heavy atom. The van der Waals surface area contributed by atoms with Crippen molar-refractivity contribution in [1.82, 2.24) is 29.4 Å². The van der Waals surface area contributed by atoms with Gasteiger partial charge in [0.25, 0.3) is 5.78 Å². The number of piperidine rings is 1. The van der Waals surface area contributed by atoms with Crippen molar-refractivity contribution in [3.05, 3.63) is 23.3 Å². The van der Waals surface area contributed by atoms with Gasteiger partial charge in [-0.05, 0) is 45.6 Å². The van der Waals surface area contributed by atoms with E-state index in [-0.39, 0.29) is 36.7 Å². The van der Waals surface area contributed by atoms with E-state index in [1.807, 2.05) is 13.8 Å². The predicted molar refractivity (Wildman–Crippen MR) is 112 cm³/mol. The number of hydrogen-bond donors (Lipinski definition) is 0. The highest BCUT2D eigenvalue weighted by Gasteiger charge is 2.30. The molecule has 10 heteroatoms. The van der Waals surface area contributed by atoms with Crippen molar-refractivity contribution in [2.24, 2.45) is 5.92 Å². The smallest absolute Gasteiger partial charge is 0.310 e. The maximum absolute atomic E-state index is 12.7. The van der Waals surface area contributed by atoms with Gasteiger partial charge in [-0.2, -0.15) is 10.1 Å². The molecule has 3 heterocycles. The van der Waals surface area contributed by atoms with E-state index in [1.165, 1.54) is 11.2 Å². The molecule has 2 aromatic heterocycles. The molecule has 1 saturated heterocycles. The van der Waals surface area contributed by atoms with Crippen LogP contribution in [0.25, 0.3) is 5.78 Å². The van der Waals surface area contributed by atoms with Crippen molar-refractivity contribution in [1.29, 1.82) is 0 Å². The Bertz CT molecular complexity index is 972. The van der Waals surface area contributed by atoms with Crippen LogP contribution in [0.1, 0.15) is 43.1 Å². The predicted octanol–water partition coefficient (Wildman–Crippen LogP) is 0.934. The summed E-state index contributed by atoms with van der Waals surface area (Å²) in [4.78, 5) is 49.0. The lowest BCUT2D eigenvalue weighted by molar-refractivity contribution is -0.152. The molecule has 1 unspecified atom stereocenters. The molecule has 2 amide bonds. The van der Waals surface area contributed by atoms with Gasteiger partial charge in [0.15, 0.2) is 0 Å². The summed E-state index contributed by atoms with van der Waals surface area (Å²) in [6.45, 7) is 6.87. The van der Waals surface area contributed by atoms with Gasteiger partial charge in [-0.3, -0.25) is 14.4 Å². The van der Waals surface area contributed by atoms with Crippen LogP contribution in [0.4, 0.5) is 0 Å². The van der Waals surface area contributed by atoms with E-state index in [0.717, 1.165) is 29.8 Å². The quantitative estimate of drug-likeness (QED) is 0.601. The third kappa shape index (κ3) is 5.18. The van der Waals surface area contributed by atoms with Gasteiger partial charge in [0, 0.05) is 37.9 Å². The van der Waals surface area contributed by atoms with Gasteiger partial charge in [-0.15, -0.1) is 0 Å². The Labute approximate surface area is 181 Å². The van der Waals surface area contributed by atoms with E-state index in [9.17, 15) is 14.4 Å². The standard InChI is InChI=1S/C21H30N6O4/c1-5-31-20(30)16-7-6-10-26(11-16)19(29)12-25(4)18(28)9-8-17-14(2)24-21-22-13-23-27(21)15(17)3/h13,16H,5-12H2,1-4H3. The first kappa shape index (κ1) is 22.6. The highest BCUT2D eigenvalue weighted by molar-refractivity contribution is 5.85. The molecule has 1 fully saturated rings. The van der Waals surface area contributed by atoms with Crippen LogP contribution in [0.3, 0.4) is 0 Å². The van der Waals surface area contributed by atoms with E-state index in [2.05, 4.69) is 15.1 Å². The fourth-order valence-electron chi connectivity index (χ4n) is 3.99. The molecule has 1 aliphatic rings. The Balaban J connectivity index is 1.55. The molecule has 31 heavy (non-hydrogen) atoms. The van der Waals surface area contributed by atoms with E-state index < -0.39 is 0 Å². The van der Waals surface area contributed by atoms with Gasteiger partial charge in [0.1, 0.15) is 6.33 Å². The molecule has 0 saturated carbocycles. The zero-order valence-corrected chi connectivity index (χ0v) is 18.6. The van der Waals surface area contributed by atoms with Crippen molar-refractivity contribution in [2.75, 3.05) is 33.3 Å². The van der Waals surface area contributed by atoms with Gasteiger partial charge in [0.05, 0.1) is 19.1 Å². The normalized spacial score (nSPS) is 16.4. The molecule has 1 atom stereocenters. The molecule has 0 aromatic carbocycles. The summed E-state index contributed by atoms with van der Waals surface area (Å²) in [5.74, 6) is -0.278. The molecule has 0 N–H and O–H groups in total. The van der Waals surface area contributed by atoms with Crippen LogP contribution in [0.5, 0.6) is 0 Å². The number of ether oxygens (including phenoxy) is 1. The molecular formula is C21H30N6O4. The average molecular weight is 431 g/mol. The van der Waals surface area contributed by atoms with E-state index in [1.54, 1.807) is 23.4 Å². The number of fused-ring (bicyclic) bond motifs is 1. The monoisotopic (exact) mass is 430 g/mol. The second kappa shape index (κ2) is 9.84. The highest BCUT2D eigenvalue weighted by atomic mass is 16.5. The number of nitrogens with zero attached hydrogens (tertiary/aromatic N) is 6. The molecule has 0 radical (unpaired) electrons. The minimum atomic E-state index is -0.288. The van der Waals surface area contributed by atoms with Crippen LogP contribution in [0.2, 0.25) is 0 Å². The van der Waals surface area contributed by atoms with Gasteiger partial charge in [0.2, 0.25) is 11.8 Å². The second-order valence-corrected chi connectivity index (χ2v) is 7.91. The lowest BCUT2D eigenvalue weighted by atomic mass is 9.98. The Hall–Kier alpha value is -3.04. The fraction of sp³-hybridized carbons (Fsp3) is 0.619. The van der Waals surface area contributed by atoms with Crippen molar-refractivity contribution < 1.29 is 19.1 Å². The molecule has 1 aliphatic heterocycles. The number of likely N-dealkylation sites (tertiary alicyclic amines) is 1. The van der Waals surface area contributed by atoms with E-state index >= 15 is 0 Å². The van der Waals surface area contributed by atoms with Crippen LogP contribution in [0.15, 0.2) is 6.33 Å². The lowest BCUT2D eigenvalue weighted by Gasteiger charge is -2.32. The van der Waals surface area contributed by atoms with Gasteiger partial charge in [-0.1, -0.05) is 0 Å². The number of hydrogen-bond acceptors (Lipinski definition) is 7. The van der Waals surface area contributed by atoms with Crippen LogP contribution in [0, 0.1) is 19.8 Å².